The molecule has 1 fully saturated rings. The lowest BCUT2D eigenvalue weighted by Crippen LogP contribution is -2.66. The van der Waals surface area contributed by atoms with Gasteiger partial charge in [0, 0.05) is 0 Å². The summed E-state index contributed by atoms with van der Waals surface area (Å²) in [4.78, 5) is 0. The SMILES string of the molecule is N#C[C@@]1(CO)COCC(c2ccccc2)(c2ccccc2)N1. The molecule has 22 heavy (non-hydrogen) atoms. The number of rotatable bonds is 3. The van der Waals surface area contributed by atoms with Crippen LogP contribution < -0.4 is 5.32 Å². The first-order valence-electron chi connectivity index (χ1n) is 7.25. The molecule has 2 aromatic rings. The van der Waals surface area contributed by atoms with Crippen molar-refractivity contribution >= 4 is 0 Å². The van der Waals surface area contributed by atoms with E-state index in [0.717, 1.165) is 11.1 Å². The zero-order valence-corrected chi connectivity index (χ0v) is 12.2. The lowest BCUT2D eigenvalue weighted by Gasteiger charge is -2.46. The number of nitrogens with zero attached hydrogens (tertiary/aromatic N) is 1. The Morgan fingerprint density at radius 2 is 1.55 bits per heavy atom. The van der Waals surface area contributed by atoms with Crippen LogP contribution in [-0.2, 0) is 10.3 Å². The van der Waals surface area contributed by atoms with E-state index < -0.39 is 11.1 Å². The molecule has 2 aromatic carbocycles. The minimum absolute atomic E-state index is 0.168. The summed E-state index contributed by atoms with van der Waals surface area (Å²) in [6.07, 6.45) is 0. The Labute approximate surface area is 130 Å². The predicted molar refractivity (Wildman–Crippen MR) is 83.0 cm³/mol. The van der Waals surface area contributed by atoms with Crippen molar-refractivity contribution < 1.29 is 9.84 Å². The Morgan fingerprint density at radius 3 is 2.00 bits per heavy atom. The van der Waals surface area contributed by atoms with Gasteiger partial charge in [-0.3, -0.25) is 5.32 Å². The number of aliphatic hydroxyl groups is 1. The Balaban J connectivity index is 2.15. The normalized spacial score (nSPS) is 23.6. The summed E-state index contributed by atoms with van der Waals surface area (Å²) < 4.78 is 5.75. The van der Waals surface area contributed by atoms with Gasteiger partial charge >= 0.3 is 0 Å². The van der Waals surface area contributed by atoms with Crippen LogP contribution >= 0.6 is 0 Å². The van der Waals surface area contributed by atoms with Gasteiger partial charge in [-0.2, -0.15) is 5.26 Å². The number of ether oxygens (including phenoxy) is 1. The van der Waals surface area contributed by atoms with Crippen LogP contribution in [0, 0.1) is 11.3 Å². The summed E-state index contributed by atoms with van der Waals surface area (Å²) in [6.45, 7) is 0.275. The topological polar surface area (TPSA) is 65.3 Å². The molecule has 0 aliphatic carbocycles. The van der Waals surface area contributed by atoms with Crippen LogP contribution in [0.15, 0.2) is 60.7 Å². The number of aliphatic hydroxyl groups excluding tert-OH is 1. The van der Waals surface area contributed by atoms with Crippen LogP contribution in [-0.4, -0.2) is 30.5 Å². The lowest BCUT2D eigenvalue weighted by atomic mass is 9.79. The fourth-order valence-electron chi connectivity index (χ4n) is 2.96. The van der Waals surface area contributed by atoms with Crippen LogP contribution in [0.25, 0.3) is 0 Å². The average Bonchev–Trinajstić information content (AvgIpc) is 2.63. The molecule has 0 bridgehead atoms. The molecule has 1 heterocycles. The first-order valence-corrected chi connectivity index (χ1v) is 7.25. The van der Waals surface area contributed by atoms with Gasteiger partial charge in [0.1, 0.15) is 0 Å². The van der Waals surface area contributed by atoms with E-state index in [-0.39, 0.29) is 13.2 Å². The Morgan fingerprint density at radius 1 is 1.00 bits per heavy atom. The zero-order chi connectivity index (χ0) is 15.5. The van der Waals surface area contributed by atoms with E-state index in [1.807, 2.05) is 60.7 Å². The molecular formula is C18H18N2O2. The van der Waals surface area contributed by atoms with Crippen LogP contribution in [0.4, 0.5) is 0 Å². The van der Waals surface area contributed by atoms with Crippen molar-refractivity contribution in [1.82, 2.24) is 5.32 Å². The zero-order valence-electron chi connectivity index (χ0n) is 12.2. The maximum atomic E-state index is 9.70. The van der Waals surface area contributed by atoms with Gasteiger partial charge in [-0.05, 0) is 11.1 Å². The minimum Gasteiger partial charge on any atom is -0.393 e. The van der Waals surface area contributed by atoms with Gasteiger partial charge in [0.25, 0.3) is 0 Å². The highest BCUT2D eigenvalue weighted by Crippen LogP contribution is 2.35. The second-order valence-corrected chi connectivity index (χ2v) is 5.61. The maximum Gasteiger partial charge on any atom is 0.154 e. The van der Waals surface area contributed by atoms with E-state index >= 15 is 0 Å². The number of nitrogens with one attached hydrogen (secondary N) is 1. The second-order valence-electron chi connectivity index (χ2n) is 5.61. The summed E-state index contributed by atoms with van der Waals surface area (Å²) in [6, 6.07) is 22.0. The highest BCUT2D eigenvalue weighted by atomic mass is 16.5. The molecule has 0 unspecified atom stereocenters. The highest BCUT2D eigenvalue weighted by Gasteiger charge is 2.47. The second kappa shape index (κ2) is 5.90. The van der Waals surface area contributed by atoms with Crippen LogP contribution in [0.1, 0.15) is 11.1 Å². The molecule has 3 rings (SSSR count). The van der Waals surface area contributed by atoms with Gasteiger partial charge < -0.3 is 9.84 Å². The Kier molecular flexibility index (Phi) is 3.95. The summed E-state index contributed by atoms with van der Waals surface area (Å²) in [5.41, 5.74) is 0.256. The van der Waals surface area contributed by atoms with Crippen molar-refractivity contribution in [3.8, 4) is 6.07 Å². The lowest BCUT2D eigenvalue weighted by molar-refractivity contribution is -0.0293. The number of hydrogen-bond acceptors (Lipinski definition) is 4. The molecule has 4 heteroatoms. The highest BCUT2D eigenvalue weighted by molar-refractivity contribution is 5.41. The smallest absolute Gasteiger partial charge is 0.154 e. The minimum atomic E-state index is -1.11. The van der Waals surface area contributed by atoms with E-state index in [0.29, 0.717) is 6.61 Å². The molecule has 0 aromatic heterocycles. The third-order valence-electron chi connectivity index (χ3n) is 4.14. The molecule has 1 atom stereocenters. The molecule has 0 spiro atoms. The Bertz CT molecular complexity index is 627. The van der Waals surface area contributed by atoms with Crippen molar-refractivity contribution in [1.29, 1.82) is 5.26 Å². The predicted octanol–water partition coefficient (Wildman–Crippen LogP) is 1.80. The first kappa shape index (κ1) is 14.7. The number of benzene rings is 2. The van der Waals surface area contributed by atoms with E-state index in [4.69, 9.17) is 4.74 Å². The molecular weight excluding hydrogens is 276 g/mol. The first-order chi connectivity index (χ1) is 10.7. The molecule has 1 aliphatic heterocycles. The Hall–Kier alpha value is -2.19. The van der Waals surface area contributed by atoms with Gasteiger partial charge in [0.05, 0.1) is 31.4 Å². The fraction of sp³-hybridized carbons (Fsp3) is 0.278. The van der Waals surface area contributed by atoms with Gasteiger partial charge in [-0.1, -0.05) is 60.7 Å². The van der Waals surface area contributed by atoms with E-state index in [2.05, 4.69) is 11.4 Å². The third kappa shape index (κ3) is 2.40. The van der Waals surface area contributed by atoms with Crippen molar-refractivity contribution in [2.24, 2.45) is 0 Å². The standard InChI is InChI=1S/C18H18N2O2/c19-11-17(12-21)13-22-14-18(20-17,15-7-3-1-4-8-15)16-9-5-2-6-10-16/h1-10,20-21H,12-14H2/t17-/m1/s1. The average molecular weight is 294 g/mol. The summed E-state index contributed by atoms with van der Waals surface area (Å²) in [5, 5.41) is 22.6. The van der Waals surface area contributed by atoms with Gasteiger partial charge in [-0.25, -0.2) is 0 Å². The molecule has 0 amide bonds. The van der Waals surface area contributed by atoms with Crippen LogP contribution in [0.5, 0.6) is 0 Å². The third-order valence-corrected chi connectivity index (χ3v) is 4.14. The summed E-state index contributed by atoms with van der Waals surface area (Å²) in [5.74, 6) is 0. The molecule has 0 radical (unpaired) electrons. The largest absolute Gasteiger partial charge is 0.393 e. The molecule has 1 saturated heterocycles. The number of nitriles is 1. The molecule has 112 valence electrons. The van der Waals surface area contributed by atoms with Crippen molar-refractivity contribution in [3.05, 3.63) is 71.8 Å². The van der Waals surface area contributed by atoms with Gasteiger partial charge in [0.15, 0.2) is 5.54 Å². The van der Waals surface area contributed by atoms with Gasteiger partial charge in [0.2, 0.25) is 0 Å². The van der Waals surface area contributed by atoms with E-state index in [1.165, 1.54) is 0 Å². The molecule has 2 N–H and O–H groups in total. The fourth-order valence-corrected chi connectivity index (χ4v) is 2.96. The van der Waals surface area contributed by atoms with Gasteiger partial charge in [-0.15, -0.1) is 0 Å². The van der Waals surface area contributed by atoms with E-state index in [9.17, 15) is 10.4 Å². The van der Waals surface area contributed by atoms with Crippen LogP contribution in [0.3, 0.4) is 0 Å². The molecule has 1 aliphatic rings. The van der Waals surface area contributed by atoms with Crippen molar-refractivity contribution in [2.75, 3.05) is 19.8 Å². The van der Waals surface area contributed by atoms with Crippen molar-refractivity contribution in [2.45, 2.75) is 11.1 Å². The summed E-state index contributed by atoms with van der Waals surface area (Å²) in [7, 11) is 0. The monoisotopic (exact) mass is 294 g/mol. The number of morpholine rings is 1. The number of hydrogen-bond donors (Lipinski definition) is 2. The quantitative estimate of drug-likeness (QED) is 0.906. The maximum absolute atomic E-state index is 9.70. The van der Waals surface area contributed by atoms with Crippen molar-refractivity contribution in [3.63, 3.8) is 0 Å². The summed E-state index contributed by atoms with van der Waals surface area (Å²) >= 11 is 0. The molecule has 4 nitrogen and oxygen atoms in total. The van der Waals surface area contributed by atoms with E-state index in [1.54, 1.807) is 0 Å². The van der Waals surface area contributed by atoms with Crippen LogP contribution in [0.2, 0.25) is 0 Å². The molecule has 0 saturated carbocycles.